The molecule has 0 spiro atoms. The number of aryl methyl sites for hydroxylation is 1. The molecule has 0 fully saturated rings. The van der Waals surface area contributed by atoms with Gasteiger partial charge in [0.05, 0.1) is 6.54 Å². The highest BCUT2D eigenvalue weighted by Gasteiger charge is 2.16. The van der Waals surface area contributed by atoms with Crippen molar-refractivity contribution < 1.29 is 4.79 Å². The van der Waals surface area contributed by atoms with Crippen LogP contribution >= 0.6 is 0 Å². The quantitative estimate of drug-likeness (QED) is 0.884. The van der Waals surface area contributed by atoms with E-state index >= 15 is 0 Å². The fourth-order valence-electron chi connectivity index (χ4n) is 1.98. The summed E-state index contributed by atoms with van der Waals surface area (Å²) in [6.45, 7) is 6.64. The van der Waals surface area contributed by atoms with Crippen LogP contribution in [0.25, 0.3) is 0 Å². The first-order valence-corrected chi connectivity index (χ1v) is 7.00. The Balaban J connectivity index is 1.95. The molecule has 2 rings (SSSR count). The number of anilines is 1. The summed E-state index contributed by atoms with van der Waals surface area (Å²) in [6.07, 6.45) is 2.81. The fourth-order valence-corrected chi connectivity index (χ4v) is 1.98. The molecule has 106 valence electrons. The predicted octanol–water partition coefficient (Wildman–Crippen LogP) is 2.52. The van der Waals surface area contributed by atoms with Crippen LogP contribution in [0.3, 0.4) is 0 Å². The molecule has 0 bridgehead atoms. The average Bonchev–Trinajstić information content (AvgIpc) is 2.87. The summed E-state index contributed by atoms with van der Waals surface area (Å²) >= 11 is 0. The molecule has 0 radical (unpaired) electrons. The number of nitrogens with zero attached hydrogens (tertiary/aromatic N) is 1. The number of rotatable bonds is 4. The standard InChI is InChI=1S/C16H21N3O/c1-4-12-5-7-14(8-6-12)19-16(20)13-9-15(17-10-13)18-11(2)3/h5-9,11H,4,10H2,1-3H3,(H,17,18)(H,19,20). The van der Waals surface area contributed by atoms with Crippen LogP contribution in [0.1, 0.15) is 26.3 Å². The normalized spacial score (nSPS) is 14.0. The third-order valence-corrected chi connectivity index (χ3v) is 3.08. The molecule has 1 heterocycles. The molecule has 1 aromatic carbocycles. The molecule has 0 saturated heterocycles. The first-order valence-electron chi connectivity index (χ1n) is 7.00. The molecule has 0 aliphatic carbocycles. The van der Waals surface area contributed by atoms with Crippen LogP contribution in [0.2, 0.25) is 0 Å². The van der Waals surface area contributed by atoms with Crippen LogP contribution in [0.5, 0.6) is 0 Å². The lowest BCUT2D eigenvalue weighted by atomic mass is 10.1. The van der Waals surface area contributed by atoms with Gasteiger partial charge in [-0.2, -0.15) is 0 Å². The summed E-state index contributed by atoms with van der Waals surface area (Å²) in [5.74, 6) is 0.699. The molecule has 0 saturated carbocycles. The third-order valence-electron chi connectivity index (χ3n) is 3.08. The largest absolute Gasteiger partial charge is 0.368 e. The maximum atomic E-state index is 12.1. The Morgan fingerprint density at radius 1 is 1.30 bits per heavy atom. The molecule has 0 unspecified atom stereocenters. The second-order valence-corrected chi connectivity index (χ2v) is 5.17. The Hall–Kier alpha value is -2.10. The minimum absolute atomic E-state index is 0.0847. The Kier molecular flexibility index (Phi) is 4.56. The molecule has 1 aliphatic heterocycles. The molecular weight excluding hydrogens is 250 g/mol. The average molecular weight is 271 g/mol. The van der Waals surface area contributed by atoms with Crippen LogP contribution in [0.4, 0.5) is 5.69 Å². The van der Waals surface area contributed by atoms with Gasteiger partial charge < -0.3 is 10.6 Å². The van der Waals surface area contributed by atoms with Gasteiger partial charge in [-0.05, 0) is 44.0 Å². The SMILES string of the molecule is CCc1ccc(NC(=O)C2=CC(NC(C)C)=NC2)cc1. The third kappa shape index (κ3) is 3.70. The lowest BCUT2D eigenvalue weighted by molar-refractivity contribution is -0.112. The highest BCUT2D eigenvalue weighted by molar-refractivity contribution is 6.11. The van der Waals surface area contributed by atoms with Gasteiger partial charge in [0.15, 0.2) is 0 Å². The maximum Gasteiger partial charge on any atom is 0.253 e. The number of amidine groups is 1. The van der Waals surface area contributed by atoms with E-state index in [-0.39, 0.29) is 5.91 Å². The first-order chi connectivity index (χ1) is 9.58. The second kappa shape index (κ2) is 6.37. The van der Waals surface area contributed by atoms with E-state index in [1.165, 1.54) is 5.56 Å². The number of hydrogen-bond acceptors (Lipinski definition) is 3. The molecule has 4 nitrogen and oxygen atoms in total. The van der Waals surface area contributed by atoms with E-state index in [4.69, 9.17) is 0 Å². The van der Waals surface area contributed by atoms with Gasteiger partial charge in [-0.15, -0.1) is 0 Å². The van der Waals surface area contributed by atoms with Crippen molar-refractivity contribution in [1.29, 1.82) is 0 Å². The van der Waals surface area contributed by atoms with Crippen LogP contribution in [0, 0.1) is 0 Å². The number of amides is 1. The van der Waals surface area contributed by atoms with Gasteiger partial charge in [0.2, 0.25) is 0 Å². The number of nitrogens with one attached hydrogen (secondary N) is 2. The zero-order valence-corrected chi connectivity index (χ0v) is 12.2. The van der Waals surface area contributed by atoms with Crippen LogP contribution in [-0.4, -0.2) is 24.3 Å². The molecule has 0 atom stereocenters. The van der Waals surface area contributed by atoms with Crippen molar-refractivity contribution in [2.24, 2.45) is 4.99 Å². The Morgan fingerprint density at radius 3 is 2.60 bits per heavy atom. The van der Waals surface area contributed by atoms with Crippen molar-refractivity contribution >= 4 is 17.4 Å². The highest BCUT2D eigenvalue weighted by Crippen LogP contribution is 2.13. The molecule has 4 heteroatoms. The van der Waals surface area contributed by atoms with Crippen molar-refractivity contribution in [2.75, 3.05) is 11.9 Å². The lowest BCUT2D eigenvalue weighted by Gasteiger charge is -2.07. The Bertz CT molecular complexity index is 541. The minimum atomic E-state index is -0.0847. The van der Waals surface area contributed by atoms with Gasteiger partial charge in [-0.3, -0.25) is 9.79 Å². The Labute approximate surface area is 120 Å². The number of aliphatic imine (C=N–C) groups is 1. The van der Waals surface area contributed by atoms with Crippen molar-refractivity contribution in [3.63, 3.8) is 0 Å². The smallest absolute Gasteiger partial charge is 0.253 e. The molecule has 2 N–H and O–H groups in total. The first kappa shape index (κ1) is 14.3. The zero-order valence-electron chi connectivity index (χ0n) is 12.2. The van der Waals surface area contributed by atoms with Crippen molar-refractivity contribution in [3.05, 3.63) is 41.5 Å². The molecule has 0 aromatic heterocycles. The van der Waals surface area contributed by atoms with E-state index in [0.29, 0.717) is 18.2 Å². The van der Waals surface area contributed by atoms with E-state index < -0.39 is 0 Å². The van der Waals surface area contributed by atoms with Gasteiger partial charge in [0.1, 0.15) is 5.84 Å². The van der Waals surface area contributed by atoms with E-state index in [9.17, 15) is 4.79 Å². The fraction of sp³-hybridized carbons (Fsp3) is 0.375. The van der Waals surface area contributed by atoms with Gasteiger partial charge in [0, 0.05) is 17.3 Å². The number of carbonyl (C=O) groups excluding carboxylic acids is 1. The van der Waals surface area contributed by atoms with Gasteiger partial charge in [0.25, 0.3) is 5.91 Å². The van der Waals surface area contributed by atoms with Crippen LogP contribution in [-0.2, 0) is 11.2 Å². The van der Waals surface area contributed by atoms with Crippen molar-refractivity contribution in [3.8, 4) is 0 Å². The maximum absolute atomic E-state index is 12.1. The minimum Gasteiger partial charge on any atom is -0.368 e. The Morgan fingerprint density at radius 2 is 2.00 bits per heavy atom. The van der Waals surface area contributed by atoms with Crippen molar-refractivity contribution in [1.82, 2.24) is 5.32 Å². The number of carbonyl (C=O) groups is 1. The van der Waals surface area contributed by atoms with E-state index in [1.54, 1.807) is 0 Å². The highest BCUT2D eigenvalue weighted by atomic mass is 16.1. The second-order valence-electron chi connectivity index (χ2n) is 5.17. The van der Waals surface area contributed by atoms with Crippen LogP contribution < -0.4 is 10.6 Å². The van der Waals surface area contributed by atoms with E-state index in [0.717, 1.165) is 17.9 Å². The summed E-state index contributed by atoms with van der Waals surface area (Å²) < 4.78 is 0. The lowest BCUT2D eigenvalue weighted by Crippen LogP contribution is -2.28. The topological polar surface area (TPSA) is 53.5 Å². The van der Waals surface area contributed by atoms with Gasteiger partial charge in [-0.25, -0.2) is 0 Å². The monoisotopic (exact) mass is 271 g/mol. The molecule has 1 amide bonds. The number of benzene rings is 1. The van der Waals surface area contributed by atoms with E-state index in [2.05, 4.69) is 22.5 Å². The molecular formula is C16H21N3O. The molecule has 20 heavy (non-hydrogen) atoms. The molecule has 1 aliphatic rings. The number of hydrogen-bond donors (Lipinski definition) is 2. The molecule has 1 aromatic rings. The van der Waals surface area contributed by atoms with E-state index in [1.807, 2.05) is 44.2 Å². The van der Waals surface area contributed by atoms with Crippen molar-refractivity contribution in [2.45, 2.75) is 33.2 Å². The summed E-state index contributed by atoms with van der Waals surface area (Å²) in [5, 5.41) is 6.10. The summed E-state index contributed by atoms with van der Waals surface area (Å²) in [4.78, 5) is 16.4. The summed E-state index contributed by atoms with van der Waals surface area (Å²) in [7, 11) is 0. The van der Waals surface area contributed by atoms with Crippen LogP contribution in [0.15, 0.2) is 40.9 Å². The zero-order chi connectivity index (χ0) is 14.5. The van der Waals surface area contributed by atoms with Gasteiger partial charge >= 0.3 is 0 Å². The van der Waals surface area contributed by atoms with Gasteiger partial charge in [-0.1, -0.05) is 19.1 Å². The predicted molar refractivity (Wildman–Crippen MR) is 83.1 cm³/mol. The summed E-state index contributed by atoms with van der Waals surface area (Å²) in [5.41, 5.74) is 2.76. The summed E-state index contributed by atoms with van der Waals surface area (Å²) in [6, 6.07) is 8.23.